The Hall–Kier alpha value is -1.24. The van der Waals surface area contributed by atoms with Crippen LogP contribution in [0.3, 0.4) is 0 Å². The van der Waals surface area contributed by atoms with Crippen molar-refractivity contribution in [2.45, 2.75) is 151 Å². The zero-order valence-corrected chi connectivity index (χ0v) is 35.3. The second-order valence-corrected chi connectivity index (χ2v) is 17.1. The van der Waals surface area contributed by atoms with Crippen molar-refractivity contribution in [2.24, 2.45) is 0 Å². The molecule has 0 aromatic rings. The van der Waals surface area contributed by atoms with Gasteiger partial charge in [0.15, 0.2) is 6.29 Å². The minimum atomic E-state index is -2.81. The van der Waals surface area contributed by atoms with E-state index in [4.69, 9.17) is 52.1 Å². The van der Waals surface area contributed by atoms with Gasteiger partial charge in [0.2, 0.25) is 28.9 Å². The lowest BCUT2D eigenvalue weighted by molar-refractivity contribution is -0.404. The number of aliphatic hydroxyl groups is 20. The van der Waals surface area contributed by atoms with Gasteiger partial charge in [-0.05, 0) is 0 Å². The van der Waals surface area contributed by atoms with E-state index in [1.807, 2.05) is 0 Å². The molecule has 0 aromatic heterocycles. The van der Waals surface area contributed by atoms with Gasteiger partial charge >= 0.3 is 0 Å². The van der Waals surface area contributed by atoms with Crippen LogP contribution in [0.1, 0.15) is 0 Å². The van der Waals surface area contributed by atoms with E-state index in [1.165, 1.54) is 0 Å². The predicted octanol–water partition coefficient (Wildman–Crippen LogP) is -14.1. The van der Waals surface area contributed by atoms with Crippen LogP contribution in [0.25, 0.3) is 0 Å². The molecule has 0 bridgehead atoms. The fraction of sp³-hybridized carbons (Fsp3) is 1.00. The molecule has 20 N–H and O–H groups in total. The smallest absolute Gasteiger partial charge is 0.224 e. The number of aliphatic hydroxyl groups excluding tert-OH is 20. The van der Waals surface area contributed by atoms with Crippen molar-refractivity contribution < 1.29 is 154 Å². The lowest BCUT2D eigenvalue weighted by atomic mass is 9.98. The van der Waals surface area contributed by atoms with E-state index >= 15 is 0 Å². The highest BCUT2D eigenvalue weighted by molar-refractivity contribution is 5.05. The molecule has 6 rings (SSSR count). The molecule has 0 amide bonds. The first-order valence-electron chi connectivity index (χ1n) is 21.0. The Morgan fingerprint density at radius 3 is 0.970 bits per heavy atom. The van der Waals surface area contributed by atoms with Gasteiger partial charge in [-0.1, -0.05) is 0 Å². The van der Waals surface area contributed by atoms with Crippen LogP contribution in [0.4, 0.5) is 0 Å². The Labute approximate surface area is 378 Å². The average Bonchev–Trinajstić information content (AvgIpc) is 4.00. The highest BCUT2D eigenvalue weighted by Crippen LogP contribution is 2.43. The molecule has 0 aromatic carbocycles. The van der Waals surface area contributed by atoms with Crippen LogP contribution in [-0.4, -0.2) is 326 Å². The molecular formula is C36H62O31. The summed E-state index contributed by atoms with van der Waals surface area (Å²) in [6, 6.07) is 0. The number of hydrogen-bond donors (Lipinski definition) is 20. The van der Waals surface area contributed by atoms with Gasteiger partial charge in [0.25, 0.3) is 0 Å². The van der Waals surface area contributed by atoms with Gasteiger partial charge in [-0.25, -0.2) is 0 Å². The largest absolute Gasteiger partial charge is 0.394 e. The zero-order chi connectivity index (χ0) is 49.6. The molecule has 0 radical (unpaired) electrons. The van der Waals surface area contributed by atoms with Crippen molar-refractivity contribution in [3.05, 3.63) is 0 Å². The SMILES string of the molecule is OCC1OC(CO)(OCC2(OCC3(OCC4OC(OC5(COC6(CO)OC(CO)C(O)C6O)OC(CO)C(O)C5O)C(O)C(O)C4O)OC(CO)C(O)C3O)OC(CO)C(O)C2O)C(O)C1O. The van der Waals surface area contributed by atoms with Crippen molar-refractivity contribution in [1.29, 1.82) is 0 Å². The molecule has 31 nitrogen and oxygen atoms in total. The lowest BCUT2D eigenvalue weighted by Crippen LogP contribution is -2.64. The van der Waals surface area contributed by atoms with Crippen LogP contribution in [0, 0.1) is 0 Å². The minimum absolute atomic E-state index is 0.872. The summed E-state index contributed by atoms with van der Waals surface area (Å²) in [6.45, 7) is -11.8. The van der Waals surface area contributed by atoms with Crippen molar-refractivity contribution in [3.8, 4) is 0 Å². The van der Waals surface area contributed by atoms with Crippen LogP contribution in [-0.2, 0) is 52.1 Å². The highest BCUT2D eigenvalue weighted by Gasteiger charge is 2.65. The third kappa shape index (κ3) is 9.75. The molecule has 6 fully saturated rings. The molecule has 67 heavy (non-hydrogen) atoms. The molecule has 0 spiro atoms. The molecule has 31 heteroatoms. The fourth-order valence-corrected chi connectivity index (χ4v) is 8.67. The minimum Gasteiger partial charge on any atom is -0.394 e. The second kappa shape index (κ2) is 21.5. The molecule has 25 unspecified atom stereocenters. The Kier molecular flexibility index (Phi) is 17.6. The lowest BCUT2D eigenvalue weighted by Gasteiger charge is -2.45. The quantitative estimate of drug-likeness (QED) is 0.0508. The molecule has 0 aliphatic carbocycles. The first-order valence-corrected chi connectivity index (χ1v) is 21.0. The summed E-state index contributed by atoms with van der Waals surface area (Å²) >= 11 is 0. The molecule has 392 valence electrons. The van der Waals surface area contributed by atoms with Crippen LogP contribution in [0.2, 0.25) is 0 Å². The van der Waals surface area contributed by atoms with E-state index in [2.05, 4.69) is 0 Å². The van der Waals surface area contributed by atoms with E-state index < -0.39 is 224 Å². The second-order valence-electron chi connectivity index (χ2n) is 17.1. The zero-order valence-electron chi connectivity index (χ0n) is 35.3. The third-order valence-electron chi connectivity index (χ3n) is 12.9. The van der Waals surface area contributed by atoms with Gasteiger partial charge in [-0.3, -0.25) is 0 Å². The Morgan fingerprint density at radius 2 is 0.612 bits per heavy atom. The summed E-state index contributed by atoms with van der Waals surface area (Å²) in [4.78, 5) is 0. The average molecular weight is 991 g/mol. The molecular weight excluding hydrogens is 928 g/mol. The molecule has 6 aliphatic heterocycles. The van der Waals surface area contributed by atoms with E-state index in [0.717, 1.165) is 0 Å². The summed E-state index contributed by atoms with van der Waals surface area (Å²) in [6.07, 6.45) is -39.5. The van der Waals surface area contributed by atoms with Crippen LogP contribution < -0.4 is 0 Å². The standard InChI is InChI=1S/C36H62O31/c37-1-12-19(45)26(52)32(7-42,62-12)58-10-35(29(55)22(48)15(4-40)65-35)60-9-34(28(54)21(47)14(3-39)64-34)57-6-17-18(44)24(50)25(51)31(61-17)67-36(30(56)23(49)16(5-41)66-36)11-59-33(8-43)27(53)20(46)13(2-38)63-33/h12-31,37-56H,1-11H2. The topological polar surface area (TPSA) is 506 Å². The Bertz CT molecular complexity index is 1590. The van der Waals surface area contributed by atoms with Gasteiger partial charge in [0.05, 0.1) is 39.6 Å². The first-order chi connectivity index (χ1) is 31.6. The first kappa shape index (κ1) is 55.1. The van der Waals surface area contributed by atoms with E-state index in [1.54, 1.807) is 0 Å². The van der Waals surface area contributed by atoms with Crippen molar-refractivity contribution in [1.82, 2.24) is 0 Å². The molecule has 6 saturated heterocycles. The summed E-state index contributed by atoms with van der Waals surface area (Å²) < 4.78 is 62.0. The van der Waals surface area contributed by atoms with Gasteiger partial charge in [-0.2, -0.15) is 0 Å². The number of rotatable bonds is 21. The molecule has 25 atom stereocenters. The molecule has 6 heterocycles. The molecule has 0 saturated carbocycles. The highest BCUT2D eigenvalue weighted by atomic mass is 16.8. The monoisotopic (exact) mass is 990 g/mol. The summed E-state index contributed by atoms with van der Waals surface area (Å²) in [5, 5.41) is 211. The maximum Gasteiger partial charge on any atom is 0.224 e. The van der Waals surface area contributed by atoms with Crippen molar-refractivity contribution >= 4 is 0 Å². The van der Waals surface area contributed by atoms with Crippen LogP contribution >= 0.6 is 0 Å². The van der Waals surface area contributed by atoms with Crippen LogP contribution in [0.5, 0.6) is 0 Å². The fourth-order valence-electron chi connectivity index (χ4n) is 8.67. The van der Waals surface area contributed by atoms with Crippen LogP contribution in [0.15, 0.2) is 0 Å². The summed E-state index contributed by atoms with van der Waals surface area (Å²) in [5.74, 6) is -13.4. The van der Waals surface area contributed by atoms with Gasteiger partial charge in [-0.15, -0.1) is 0 Å². The van der Waals surface area contributed by atoms with E-state index in [9.17, 15) is 102 Å². The van der Waals surface area contributed by atoms with Crippen molar-refractivity contribution in [2.75, 3.05) is 72.7 Å². The van der Waals surface area contributed by atoms with Gasteiger partial charge < -0.3 is 154 Å². The Balaban J connectivity index is 1.25. The summed E-state index contributed by atoms with van der Waals surface area (Å²) in [7, 11) is 0. The third-order valence-corrected chi connectivity index (χ3v) is 12.9. The number of ether oxygens (including phenoxy) is 11. The summed E-state index contributed by atoms with van der Waals surface area (Å²) in [5.41, 5.74) is 0. The number of hydrogen-bond acceptors (Lipinski definition) is 31. The predicted molar refractivity (Wildman–Crippen MR) is 199 cm³/mol. The van der Waals surface area contributed by atoms with Gasteiger partial charge in [0, 0.05) is 0 Å². The van der Waals surface area contributed by atoms with Gasteiger partial charge in [0.1, 0.15) is 149 Å². The maximum atomic E-state index is 11.4. The maximum absolute atomic E-state index is 11.4. The van der Waals surface area contributed by atoms with Crippen molar-refractivity contribution in [3.63, 3.8) is 0 Å². The Morgan fingerprint density at radius 1 is 0.313 bits per heavy atom. The van der Waals surface area contributed by atoms with E-state index in [-0.39, 0.29) is 0 Å². The molecule has 6 aliphatic rings. The normalized spacial score (nSPS) is 52.5. The van der Waals surface area contributed by atoms with E-state index in [0.29, 0.717) is 0 Å².